The molecule has 1 aliphatic heterocycles. The molecule has 0 saturated heterocycles. The zero-order chi connectivity index (χ0) is 26.3. The largest absolute Gasteiger partial charge is 0.545 e. The summed E-state index contributed by atoms with van der Waals surface area (Å²) >= 11 is 8.55. The van der Waals surface area contributed by atoms with Crippen LogP contribution in [-0.4, -0.2) is 23.1 Å². The number of aromatic carboxylic acids is 1. The Bertz CT molecular complexity index is 1740. The quantitative estimate of drug-likeness (QED) is 0.339. The number of esters is 1. The lowest BCUT2D eigenvalue weighted by molar-refractivity contribution is -0.255. The lowest BCUT2D eigenvalue weighted by atomic mass is 10.0. The van der Waals surface area contributed by atoms with Gasteiger partial charge in [-0.05, 0) is 55.6 Å². The summed E-state index contributed by atoms with van der Waals surface area (Å²) in [5.41, 5.74) is 0.857. The summed E-state index contributed by atoms with van der Waals surface area (Å²) in [6, 6.07) is 10.9. The van der Waals surface area contributed by atoms with Gasteiger partial charge in [0.15, 0.2) is 4.80 Å². The number of ether oxygens (including phenoxy) is 1. The summed E-state index contributed by atoms with van der Waals surface area (Å²) in [4.78, 5) is 43.5. The van der Waals surface area contributed by atoms with E-state index in [1.165, 1.54) is 39.4 Å². The van der Waals surface area contributed by atoms with Crippen molar-refractivity contribution in [1.29, 1.82) is 0 Å². The average molecular weight is 554 g/mol. The Labute approximate surface area is 223 Å². The van der Waals surface area contributed by atoms with E-state index in [-0.39, 0.29) is 22.8 Å². The lowest BCUT2D eigenvalue weighted by Gasteiger charge is -2.23. The minimum Gasteiger partial charge on any atom is -0.545 e. The highest BCUT2D eigenvalue weighted by molar-refractivity contribution is 7.10. The summed E-state index contributed by atoms with van der Waals surface area (Å²) in [6.07, 6.45) is 1.60. The summed E-state index contributed by atoms with van der Waals surface area (Å²) in [7, 11) is 0. The van der Waals surface area contributed by atoms with Gasteiger partial charge in [0.25, 0.3) is 5.56 Å². The molecule has 37 heavy (non-hydrogen) atoms. The molecular formula is C26H18ClN2O6S2-. The monoisotopic (exact) mass is 553 g/mol. The molecule has 1 aliphatic rings. The predicted octanol–water partition coefficient (Wildman–Crippen LogP) is 3.14. The highest BCUT2D eigenvalue weighted by Crippen LogP contribution is 2.33. The molecule has 188 valence electrons. The molecule has 0 spiro atoms. The van der Waals surface area contributed by atoms with Crippen molar-refractivity contribution in [3.05, 3.63) is 100 Å². The van der Waals surface area contributed by atoms with Crippen LogP contribution >= 0.6 is 34.3 Å². The van der Waals surface area contributed by atoms with Crippen LogP contribution in [0.25, 0.3) is 17.4 Å². The maximum atomic E-state index is 13.6. The number of carbonyl (C=O) groups is 2. The van der Waals surface area contributed by atoms with Crippen LogP contribution in [-0.2, 0) is 9.53 Å². The van der Waals surface area contributed by atoms with Crippen LogP contribution in [0.5, 0.6) is 0 Å². The zero-order valence-corrected chi connectivity index (χ0v) is 21.9. The van der Waals surface area contributed by atoms with Crippen molar-refractivity contribution in [2.75, 3.05) is 6.61 Å². The van der Waals surface area contributed by atoms with Gasteiger partial charge in [-0.15, -0.1) is 11.3 Å². The van der Waals surface area contributed by atoms with Crippen LogP contribution in [0.15, 0.2) is 73.3 Å². The van der Waals surface area contributed by atoms with Gasteiger partial charge in [-0.25, -0.2) is 9.79 Å². The normalized spacial score (nSPS) is 15.4. The Morgan fingerprint density at radius 1 is 1.27 bits per heavy atom. The van der Waals surface area contributed by atoms with Gasteiger partial charge in [0, 0.05) is 27.1 Å². The molecule has 4 aromatic rings. The third-order valence-electron chi connectivity index (χ3n) is 5.70. The predicted molar refractivity (Wildman–Crippen MR) is 138 cm³/mol. The summed E-state index contributed by atoms with van der Waals surface area (Å²) in [5, 5.41) is 13.3. The number of carbonyl (C=O) groups excluding carboxylic acids is 2. The van der Waals surface area contributed by atoms with Crippen LogP contribution in [0, 0.1) is 0 Å². The molecule has 0 radical (unpaired) electrons. The molecule has 11 heteroatoms. The number of furan rings is 1. The van der Waals surface area contributed by atoms with E-state index in [9.17, 15) is 19.5 Å². The molecule has 1 atom stereocenters. The molecule has 0 saturated carbocycles. The second-order valence-corrected chi connectivity index (χ2v) is 10.4. The maximum absolute atomic E-state index is 13.6. The van der Waals surface area contributed by atoms with Gasteiger partial charge in [-0.2, -0.15) is 0 Å². The first-order valence-electron chi connectivity index (χ1n) is 11.1. The number of thiazole rings is 1. The van der Waals surface area contributed by atoms with Gasteiger partial charge in [0.2, 0.25) is 0 Å². The SMILES string of the molecule is CCOC(=O)C1=C(C)N=c2sc(=Cc3ccc(-c4ccc(Cl)c(C(=O)[O-])c4)o3)c(=O)n2C1c1cccs1. The number of carboxylic acids is 1. The fourth-order valence-electron chi connectivity index (χ4n) is 4.06. The highest BCUT2D eigenvalue weighted by atomic mass is 35.5. The van der Waals surface area contributed by atoms with E-state index in [1.54, 1.807) is 38.1 Å². The molecule has 1 unspecified atom stereocenters. The van der Waals surface area contributed by atoms with E-state index >= 15 is 0 Å². The molecule has 4 heterocycles. The van der Waals surface area contributed by atoms with Gasteiger partial charge in [0.1, 0.15) is 17.6 Å². The van der Waals surface area contributed by atoms with E-state index < -0.39 is 18.0 Å². The summed E-state index contributed by atoms with van der Waals surface area (Å²) < 4.78 is 13.0. The first-order chi connectivity index (χ1) is 17.8. The number of fused-ring (bicyclic) bond motifs is 1. The number of halogens is 1. The van der Waals surface area contributed by atoms with E-state index in [0.717, 1.165) is 4.88 Å². The van der Waals surface area contributed by atoms with Gasteiger partial charge in [-0.3, -0.25) is 9.36 Å². The molecule has 0 bridgehead atoms. The van der Waals surface area contributed by atoms with Gasteiger partial charge in [0.05, 0.1) is 28.4 Å². The minimum atomic E-state index is -1.39. The third-order valence-corrected chi connectivity index (χ3v) is 7.94. The number of hydrogen-bond donors (Lipinski definition) is 0. The number of aromatic nitrogens is 1. The first-order valence-corrected chi connectivity index (χ1v) is 13.2. The smallest absolute Gasteiger partial charge is 0.338 e. The molecule has 8 nitrogen and oxygen atoms in total. The van der Waals surface area contributed by atoms with Crippen molar-refractivity contribution in [3.8, 4) is 11.3 Å². The van der Waals surface area contributed by atoms with Crippen LogP contribution in [0.1, 0.15) is 40.9 Å². The molecule has 1 aromatic carbocycles. The van der Waals surface area contributed by atoms with Crippen LogP contribution in [0.3, 0.4) is 0 Å². The standard InChI is InChI=1S/C26H19ClN2O6S2/c1-3-34-25(33)21-13(2)28-26-29(22(21)19-5-4-10-36-19)23(30)20(37-26)12-15-7-9-18(35-15)14-6-8-17(27)16(11-14)24(31)32/h4-12,22H,3H2,1-2H3,(H,31,32)/p-1. The van der Waals surface area contributed by atoms with E-state index in [2.05, 4.69) is 4.99 Å². The molecule has 0 fully saturated rings. The van der Waals surface area contributed by atoms with Crippen LogP contribution in [0.4, 0.5) is 0 Å². The Balaban J connectivity index is 1.59. The fraction of sp³-hybridized carbons (Fsp3) is 0.154. The Morgan fingerprint density at radius 3 is 2.78 bits per heavy atom. The van der Waals surface area contributed by atoms with Crippen LogP contribution in [0.2, 0.25) is 5.02 Å². The lowest BCUT2D eigenvalue weighted by Crippen LogP contribution is -2.39. The van der Waals surface area contributed by atoms with Gasteiger partial charge >= 0.3 is 5.97 Å². The number of nitrogens with zero attached hydrogens (tertiary/aromatic N) is 2. The first kappa shape index (κ1) is 24.9. The van der Waals surface area contributed by atoms with Crippen molar-refractivity contribution in [2.45, 2.75) is 19.9 Å². The molecule has 0 aliphatic carbocycles. The molecule has 3 aromatic heterocycles. The molecular weight excluding hydrogens is 536 g/mol. The molecule has 0 amide bonds. The van der Waals surface area contributed by atoms with Crippen molar-refractivity contribution in [1.82, 2.24) is 4.57 Å². The van der Waals surface area contributed by atoms with Gasteiger partial charge < -0.3 is 19.1 Å². The van der Waals surface area contributed by atoms with E-state index in [4.69, 9.17) is 20.8 Å². The summed E-state index contributed by atoms with van der Waals surface area (Å²) in [5.74, 6) is -1.11. The second kappa shape index (κ2) is 9.97. The van der Waals surface area contributed by atoms with Crippen molar-refractivity contribution < 1.29 is 23.8 Å². The highest BCUT2D eigenvalue weighted by Gasteiger charge is 2.33. The molecule has 0 N–H and O–H groups in total. The van der Waals surface area contributed by atoms with Crippen LogP contribution < -0.4 is 20.0 Å². The number of carboxylic acid groups (broad SMARTS) is 1. The number of allylic oxidation sites excluding steroid dienone is 1. The topological polar surface area (TPSA) is 114 Å². The maximum Gasteiger partial charge on any atom is 0.338 e. The number of thiophene rings is 1. The van der Waals surface area contributed by atoms with Crippen molar-refractivity contribution in [3.63, 3.8) is 0 Å². The third kappa shape index (κ3) is 4.59. The summed E-state index contributed by atoms with van der Waals surface area (Å²) in [6.45, 7) is 3.66. The van der Waals surface area contributed by atoms with Crippen molar-refractivity contribution in [2.24, 2.45) is 4.99 Å². The number of hydrogen-bond acceptors (Lipinski definition) is 9. The Kier molecular flexibility index (Phi) is 6.72. The van der Waals surface area contributed by atoms with E-state index in [1.807, 2.05) is 17.5 Å². The van der Waals surface area contributed by atoms with Gasteiger partial charge in [-0.1, -0.05) is 29.0 Å². The number of benzene rings is 1. The number of rotatable bonds is 6. The minimum absolute atomic E-state index is 0.0643. The van der Waals surface area contributed by atoms with E-state index in [0.29, 0.717) is 37.7 Å². The Morgan fingerprint density at radius 2 is 2.08 bits per heavy atom. The fourth-order valence-corrected chi connectivity index (χ4v) is 6.10. The molecule has 5 rings (SSSR count). The Hall–Kier alpha value is -3.73. The second-order valence-electron chi connectivity index (χ2n) is 8.00. The van der Waals surface area contributed by atoms with Crippen molar-refractivity contribution >= 4 is 52.3 Å². The zero-order valence-electron chi connectivity index (χ0n) is 19.5. The average Bonchev–Trinajstić information content (AvgIpc) is 3.61.